The molecule has 1 heterocycles. The van der Waals surface area contributed by atoms with Gasteiger partial charge in [0.2, 0.25) is 0 Å². The van der Waals surface area contributed by atoms with E-state index in [4.69, 9.17) is 15.2 Å². The Morgan fingerprint density at radius 3 is 2.62 bits per heavy atom. The summed E-state index contributed by atoms with van der Waals surface area (Å²) in [6.07, 6.45) is -0.528. The minimum absolute atomic E-state index is 0.216. The topological polar surface area (TPSA) is 44.5 Å². The van der Waals surface area contributed by atoms with E-state index < -0.39 is 23.8 Å². The van der Waals surface area contributed by atoms with Crippen molar-refractivity contribution in [3.05, 3.63) is 59.2 Å². The first kappa shape index (κ1) is 13.8. The SMILES string of the molecule is Cc1cc(C(N)C2COc3ccccc3O2)c(F)cc1F. The molecular formula is C16H15F2NO2. The van der Waals surface area contributed by atoms with Crippen LogP contribution < -0.4 is 15.2 Å². The maximum Gasteiger partial charge on any atom is 0.161 e. The third kappa shape index (κ3) is 2.56. The number of para-hydroxylation sites is 2. The van der Waals surface area contributed by atoms with Crippen LogP contribution >= 0.6 is 0 Å². The maximum absolute atomic E-state index is 13.9. The van der Waals surface area contributed by atoms with E-state index in [0.29, 0.717) is 17.1 Å². The Kier molecular flexibility index (Phi) is 3.51. The highest BCUT2D eigenvalue weighted by molar-refractivity contribution is 5.41. The van der Waals surface area contributed by atoms with Gasteiger partial charge in [0.15, 0.2) is 17.6 Å². The zero-order valence-corrected chi connectivity index (χ0v) is 11.5. The van der Waals surface area contributed by atoms with E-state index in [0.717, 1.165) is 6.07 Å². The van der Waals surface area contributed by atoms with Gasteiger partial charge in [0.05, 0.1) is 6.04 Å². The van der Waals surface area contributed by atoms with E-state index in [-0.39, 0.29) is 12.2 Å². The number of ether oxygens (including phenoxy) is 2. The lowest BCUT2D eigenvalue weighted by molar-refractivity contribution is 0.0712. The second-order valence-electron chi connectivity index (χ2n) is 5.06. The Morgan fingerprint density at radius 1 is 1.14 bits per heavy atom. The first-order valence-corrected chi connectivity index (χ1v) is 6.66. The summed E-state index contributed by atoms with van der Waals surface area (Å²) in [5.74, 6) is -0.0529. The number of hydrogen-bond donors (Lipinski definition) is 1. The van der Waals surface area contributed by atoms with Gasteiger partial charge in [0.1, 0.15) is 18.2 Å². The minimum atomic E-state index is -0.738. The van der Waals surface area contributed by atoms with Gasteiger partial charge in [0.25, 0.3) is 0 Å². The molecule has 0 amide bonds. The van der Waals surface area contributed by atoms with Crippen LogP contribution in [0.1, 0.15) is 17.2 Å². The van der Waals surface area contributed by atoms with Crippen molar-refractivity contribution in [2.75, 3.05) is 6.61 Å². The molecule has 0 bridgehead atoms. The van der Waals surface area contributed by atoms with E-state index in [1.54, 1.807) is 19.1 Å². The summed E-state index contributed by atoms with van der Waals surface area (Å²) in [5.41, 5.74) is 6.65. The minimum Gasteiger partial charge on any atom is -0.486 e. The van der Waals surface area contributed by atoms with Crippen LogP contribution in [0.3, 0.4) is 0 Å². The molecule has 2 aromatic rings. The van der Waals surface area contributed by atoms with Gasteiger partial charge in [-0.2, -0.15) is 0 Å². The lowest BCUT2D eigenvalue weighted by atomic mass is 9.99. The quantitative estimate of drug-likeness (QED) is 0.924. The summed E-state index contributed by atoms with van der Waals surface area (Å²) < 4.78 is 38.6. The van der Waals surface area contributed by atoms with E-state index >= 15 is 0 Å². The van der Waals surface area contributed by atoms with Crippen molar-refractivity contribution in [3.8, 4) is 11.5 Å². The van der Waals surface area contributed by atoms with Gasteiger partial charge in [-0.25, -0.2) is 8.78 Å². The molecule has 1 aliphatic rings. The number of rotatable bonds is 2. The van der Waals surface area contributed by atoms with E-state index in [1.165, 1.54) is 6.07 Å². The van der Waals surface area contributed by atoms with Crippen molar-refractivity contribution in [1.82, 2.24) is 0 Å². The molecule has 0 saturated carbocycles. The molecule has 5 heteroatoms. The van der Waals surface area contributed by atoms with Gasteiger partial charge in [-0.15, -0.1) is 0 Å². The molecule has 3 rings (SSSR count). The van der Waals surface area contributed by atoms with Crippen LogP contribution in [0.2, 0.25) is 0 Å². The maximum atomic E-state index is 13.9. The van der Waals surface area contributed by atoms with Gasteiger partial charge < -0.3 is 15.2 Å². The third-order valence-corrected chi connectivity index (χ3v) is 3.57. The number of halogens is 2. The highest BCUT2D eigenvalue weighted by Crippen LogP contribution is 2.34. The van der Waals surface area contributed by atoms with Crippen LogP contribution in [0, 0.1) is 18.6 Å². The summed E-state index contributed by atoms with van der Waals surface area (Å²) in [6.45, 7) is 1.78. The molecule has 0 radical (unpaired) electrons. The number of hydrogen-bond acceptors (Lipinski definition) is 3. The Morgan fingerprint density at radius 2 is 1.86 bits per heavy atom. The van der Waals surface area contributed by atoms with E-state index in [1.807, 2.05) is 12.1 Å². The highest BCUT2D eigenvalue weighted by Gasteiger charge is 2.29. The zero-order valence-electron chi connectivity index (χ0n) is 11.5. The normalized spacial score (nSPS) is 18.4. The molecular weight excluding hydrogens is 276 g/mol. The second-order valence-corrected chi connectivity index (χ2v) is 5.06. The predicted molar refractivity (Wildman–Crippen MR) is 74.4 cm³/mol. The average Bonchev–Trinajstić information content (AvgIpc) is 2.50. The van der Waals surface area contributed by atoms with Gasteiger partial charge in [-0.3, -0.25) is 0 Å². The first-order valence-electron chi connectivity index (χ1n) is 6.66. The van der Waals surface area contributed by atoms with Crippen molar-refractivity contribution in [1.29, 1.82) is 0 Å². The average molecular weight is 291 g/mol. The number of fused-ring (bicyclic) bond motifs is 1. The van der Waals surface area contributed by atoms with Gasteiger partial charge in [-0.05, 0) is 30.7 Å². The van der Waals surface area contributed by atoms with Crippen LogP contribution in [0.15, 0.2) is 36.4 Å². The summed E-state index contributed by atoms with van der Waals surface area (Å²) in [4.78, 5) is 0. The lowest BCUT2D eigenvalue weighted by Gasteiger charge is -2.30. The number of benzene rings is 2. The smallest absolute Gasteiger partial charge is 0.161 e. The van der Waals surface area contributed by atoms with Crippen LogP contribution in [0.4, 0.5) is 8.78 Å². The molecule has 2 aromatic carbocycles. The Balaban J connectivity index is 1.87. The fourth-order valence-corrected chi connectivity index (χ4v) is 2.35. The molecule has 2 unspecified atom stereocenters. The fourth-order valence-electron chi connectivity index (χ4n) is 2.35. The summed E-state index contributed by atoms with van der Waals surface area (Å²) >= 11 is 0. The van der Waals surface area contributed by atoms with Crippen LogP contribution in [0.25, 0.3) is 0 Å². The lowest BCUT2D eigenvalue weighted by Crippen LogP contribution is -2.39. The van der Waals surface area contributed by atoms with E-state index in [9.17, 15) is 8.78 Å². The third-order valence-electron chi connectivity index (χ3n) is 3.57. The molecule has 0 fully saturated rings. The zero-order chi connectivity index (χ0) is 15.0. The monoisotopic (exact) mass is 291 g/mol. The summed E-state index contributed by atoms with van der Waals surface area (Å²) in [7, 11) is 0. The van der Waals surface area contributed by atoms with Crippen molar-refractivity contribution in [2.45, 2.75) is 19.1 Å². The van der Waals surface area contributed by atoms with Crippen LogP contribution in [-0.2, 0) is 0 Å². The Hall–Kier alpha value is -2.14. The van der Waals surface area contributed by atoms with Crippen molar-refractivity contribution < 1.29 is 18.3 Å². The molecule has 1 aliphatic heterocycles. The van der Waals surface area contributed by atoms with Gasteiger partial charge in [-0.1, -0.05) is 12.1 Å². The summed E-state index contributed by atoms with van der Waals surface area (Å²) in [5, 5.41) is 0. The molecule has 110 valence electrons. The molecule has 21 heavy (non-hydrogen) atoms. The van der Waals surface area contributed by atoms with E-state index in [2.05, 4.69) is 0 Å². The van der Waals surface area contributed by atoms with Gasteiger partial charge in [0, 0.05) is 11.6 Å². The van der Waals surface area contributed by atoms with Crippen molar-refractivity contribution in [3.63, 3.8) is 0 Å². The molecule has 3 nitrogen and oxygen atoms in total. The molecule has 2 N–H and O–H groups in total. The van der Waals surface area contributed by atoms with Gasteiger partial charge >= 0.3 is 0 Å². The first-order chi connectivity index (χ1) is 10.1. The largest absolute Gasteiger partial charge is 0.486 e. The van der Waals surface area contributed by atoms with Crippen LogP contribution in [0.5, 0.6) is 11.5 Å². The highest BCUT2D eigenvalue weighted by atomic mass is 19.1. The van der Waals surface area contributed by atoms with Crippen molar-refractivity contribution >= 4 is 0 Å². The fraction of sp³-hybridized carbons (Fsp3) is 0.250. The van der Waals surface area contributed by atoms with Crippen LogP contribution in [-0.4, -0.2) is 12.7 Å². The Bertz CT molecular complexity index is 675. The number of aryl methyl sites for hydroxylation is 1. The molecule has 2 atom stereocenters. The molecule has 0 spiro atoms. The summed E-state index contributed by atoms with van der Waals surface area (Å²) in [6, 6.07) is 8.74. The molecule has 0 aliphatic carbocycles. The predicted octanol–water partition coefficient (Wildman–Crippen LogP) is 3.11. The second kappa shape index (κ2) is 5.33. The molecule has 0 saturated heterocycles. The standard InChI is InChI=1S/C16H15F2NO2/c1-9-6-10(12(18)7-11(9)17)16(19)15-8-20-13-4-2-3-5-14(13)21-15/h2-7,15-16H,8,19H2,1H3. The Labute approximate surface area is 121 Å². The molecule has 0 aromatic heterocycles. The van der Waals surface area contributed by atoms with Crippen molar-refractivity contribution in [2.24, 2.45) is 5.73 Å². The number of nitrogens with two attached hydrogens (primary N) is 1.